The number of aliphatic imine (C=N–C) groups is 1. The highest BCUT2D eigenvalue weighted by molar-refractivity contribution is 6.30. The number of rotatable bonds is 5. The van der Waals surface area contributed by atoms with E-state index in [0.717, 1.165) is 22.3 Å². The number of allylic oxidation sites excluding steroid dienone is 1. The molecule has 2 atom stereocenters. The van der Waals surface area contributed by atoms with Gasteiger partial charge in [-0.2, -0.15) is 13.2 Å². The number of aromatic nitrogens is 3. The Balaban J connectivity index is 1.63. The summed E-state index contributed by atoms with van der Waals surface area (Å²) in [6, 6.07) is 14.6. The van der Waals surface area contributed by atoms with E-state index in [1.54, 1.807) is 37.4 Å². The van der Waals surface area contributed by atoms with E-state index >= 15 is 0 Å². The molecule has 5 rings (SSSR count). The van der Waals surface area contributed by atoms with Crippen molar-refractivity contribution < 1.29 is 18.4 Å². The van der Waals surface area contributed by atoms with Crippen molar-refractivity contribution in [2.75, 3.05) is 0 Å². The summed E-state index contributed by atoms with van der Waals surface area (Å²) in [6.07, 6.45) is -0.178. The average Bonchev–Trinajstić information content (AvgIpc) is 3.22. The first-order valence-electron chi connectivity index (χ1n) is 12.0. The van der Waals surface area contributed by atoms with E-state index in [1.807, 2.05) is 30.3 Å². The minimum atomic E-state index is -4.44. The maximum atomic E-state index is 13.3. The number of alkyl halides is 3. The summed E-state index contributed by atoms with van der Waals surface area (Å²) in [6.45, 7) is 3.10. The first kappa shape index (κ1) is 26.4. The number of nitrogens with zero attached hydrogens (tertiary/aromatic N) is 5. The summed E-state index contributed by atoms with van der Waals surface area (Å²) in [4.78, 5) is 17.0. The van der Waals surface area contributed by atoms with Gasteiger partial charge in [0.2, 0.25) is 0 Å². The lowest BCUT2D eigenvalue weighted by Crippen LogP contribution is -2.35. The van der Waals surface area contributed by atoms with Gasteiger partial charge in [0.25, 0.3) is 0 Å². The molecule has 2 aromatic heterocycles. The Kier molecular flexibility index (Phi) is 6.90. The largest absolute Gasteiger partial charge is 0.411 e. The Morgan fingerprint density at radius 1 is 1.08 bits per heavy atom. The van der Waals surface area contributed by atoms with Crippen LogP contribution in [0, 0.1) is 5.92 Å². The summed E-state index contributed by atoms with van der Waals surface area (Å²) < 4.78 is 42.2. The van der Waals surface area contributed by atoms with Gasteiger partial charge in [-0.15, -0.1) is 5.10 Å². The quantitative estimate of drug-likeness (QED) is 0.180. The second-order valence-electron chi connectivity index (χ2n) is 9.37. The number of pyridine rings is 1. The minimum Gasteiger partial charge on any atom is -0.411 e. The fourth-order valence-corrected chi connectivity index (χ4v) is 4.83. The third kappa shape index (κ3) is 5.12. The molecule has 0 radical (unpaired) electrons. The second kappa shape index (κ2) is 10.2. The molecule has 0 bridgehead atoms. The number of halogens is 4. The number of fused-ring (bicyclic) bond motifs is 1. The van der Waals surface area contributed by atoms with Crippen molar-refractivity contribution in [1.29, 1.82) is 0 Å². The van der Waals surface area contributed by atoms with Gasteiger partial charge in [-0.05, 0) is 52.9 Å². The fourth-order valence-electron chi connectivity index (χ4n) is 4.70. The van der Waals surface area contributed by atoms with Crippen LogP contribution in [0.2, 0.25) is 5.02 Å². The van der Waals surface area contributed by atoms with E-state index in [-0.39, 0.29) is 6.54 Å². The fraction of sp³-hybridized carbons (Fsp3) is 0.214. The molecule has 2 unspecified atom stereocenters. The predicted molar refractivity (Wildman–Crippen MR) is 145 cm³/mol. The lowest BCUT2D eigenvalue weighted by atomic mass is 9.95. The van der Waals surface area contributed by atoms with Crippen molar-refractivity contribution >= 4 is 29.2 Å². The average molecular weight is 554 g/mol. The highest BCUT2D eigenvalue weighted by atomic mass is 35.5. The zero-order chi connectivity index (χ0) is 27.9. The van der Waals surface area contributed by atoms with Gasteiger partial charge in [0, 0.05) is 28.9 Å². The highest BCUT2D eigenvalue weighted by Gasteiger charge is 2.43. The minimum absolute atomic E-state index is 0.0280. The molecule has 7 nitrogen and oxygen atoms in total. The molecule has 0 amide bonds. The molecule has 1 aliphatic heterocycles. The smallest absolute Gasteiger partial charge is 0.411 e. The van der Waals surface area contributed by atoms with Gasteiger partial charge < -0.3 is 5.21 Å². The lowest BCUT2D eigenvalue weighted by Gasteiger charge is -2.24. The second-order valence-corrected chi connectivity index (χ2v) is 9.81. The number of benzene rings is 2. The van der Waals surface area contributed by atoms with Crippen LogP contribution in [0.5, 0.6) is 0 Å². The van der Waals surface area contributed by atoms with Crippen LogP contribution in [0.1, 0.15) is 19.4 Å². The van der Waals surface area contributed by atoms with Crippen molar-refractivity contribution in [2.24, 2.45) is 16.1 Å². The highest BCUT2D eigenvalue weighted by Crippen LogP contribution is 2.36. The summed E-state index contributed by atoms with van der Waals surface area (Å²) in [7, 11) is 0. The number of hydrogen-bond acceptors (Lipinski definition) is 5. The maximum Gasteiger partial charge on any atom is 0.411 e. The topological polar surface area (TPSA) is 84.2 Å². The molecular formula is C28H23ClF3N5O2. The van der Waals surface area contributed by atoms with Crippen LogP contribution < -0.4 is 5.69 Å². The molecule has 1 N–H and O–H groups in total. The van der Waals surface area contributed by atoms with Crippen LogP contribution in [-0.2, 0) is 6.54 Å². The van der Waals surface area contributed by atoms with E-state index in [1.165, 1.54) is 28.3 Å². The Hall–Kier alpha value is -4.18. The van der Waals surface area contributed by atoms with E-state index < -0.39 is 23.8 Å². The third-order valence-electron chi connectivity index (χ3n) is 6.69. The Labute approximate surface area is 226 Å². The third-order valence-corrected chi connectivity index (χ3v) is 6.95. The monoisotopic (exact) mass is 553 g/mol. The molecule has 1 aliphatic rings. The molecule has 0 fully saturated rings. The maximum absolute atomic E-state index is 13.3. The number of oxime groups is 1. The van der Waals surface area contributed by atoms with Crippen LogP contribution in [0.4, 0.5) is 13.2 Å². The van der Waals surface area contributed by atoms with Gasteiger partial charge in [-0.3, -0.25) is 4.99 Å². The molecule has 2 aromatic carbocycles. The molecular weight excluding hydrogens is 531 g/mol. The van der Waals surface area contributed by atoms with Gasteiger partial charge in [0.15, 0.2) is 11.7 Å². The summed E-state index contributed by atoms with van der Waals surface area (Å²) in [5.41, 5.74) is 4.67. The molecule has 0 spiro atoms. The van der Waals surface area contributed by atoms with Crippen molar-refractivity contribution in [2.45, 2.75) is 32.6 Å². The van der Waals surface area contributed by atoms with Gasteiger partial charge in [-0.25, -0.2) is 13.9 Å². The van der Waals surface area contributed by atoms with E-state index in [4.69, 9.17) is 16.8 Å². The zero-order valence-electron chi connectivity index (χ0n) is 20.9. The van der Waals surface area contributed by atoms with E-state index in [0.29, 0.717) is 27.5 Å². The molecule has 200 valence electrons. The van der Waals surface area contributed by atoms with Crippen LogP contribution in [-0.4, -0.2) is 43.5 Å². The Morgan fingerprint density at radius 3 is 2.36 bits per heavy atom. The van der Waals surface area contributed by atoms with Crippen LogP contribution in [0.25, 0.3) is 27.9 Å². The molecule has 0 aliphatic carbocycles. The molecule has 11 heteroatoms. The van der Waals surface area contributed by atoms with Crippen LogP contribution >= 0.6 is 11.6 Å². The lowest BCUT2D eigenvalue weighted by molar-refractivity contribution is -0.153. The molecule has 0 saturated heterocycles. The summed E-state index contributed by atoms with van der Waals surface area (Å²) >= 11 is 6.10. The van der Waals surface area contributed by atoms with Crippen molar-refractivity contribution in [3.8, 4) is 22.3 Å². The molecule has 39 heavy (non-hydrogen) atoms. The standard InChI is InChI=1S/C28H23ClF3N5O2/c1-16-13-18(14-33-25(16)28(30,31)32)15-37-27(38)36-12-11-23(20-7-9-22(29)10-8-20)24(26(36)34-37)21-5-3-19(4-6-21)17(2)35-39/h3-14,16,25,39H,15H2,1-2H3/b35-17+. The Bertz CT molecular complexity index is 1680. The van der Waals surface area contributed by atoms with Gasteiger partial charge >= 0.3 is 11.9 Å². The zero-order valence-corrected chi connectivity index (χ0v) is 21.6. The predicted octanol–water partition coefficient (Wildman–Crippen LogP) is 6.26. The number of dihydropyridines is 1. The SMILES string of the molecule is C/C(=N\O)c1ccc(-c2c(-c3ccc(Cl)cc3)ccn3c(=O)n(CC4=CC(C)C(C(F)(F)F)N=C4)nc23)cc1. The van der Waals surface area contributed by atoms with Gasteiger partial charge in [0.05, 0.1) is 12.3 Å². The van der Waals surface area contributed by atoms with Gasteiger partial charge in [0.1, 0.15) is 0 Å². The molecule has 4 aromatic rings. The molecule has 3 heterocycles. The Morgan fingerprint density at radius 2 is 1.74 bits per heavy atom. The number of hydrogen-bond donors (Lipinski definition) is 1. The van der Waals surface area contributed by atoms with E-state index in [9.17, 15) is 18.0 Å². The van der Waals surface area contributed by atoms with Crippen molar-refractivity contribution in [3.05, 3.63) is 93.5 Å². The van der Waals surface area contributed by atoms with E-state index in [2.05, 4.69) is 15.2 Å². The summed E-state index contributed by atoms with van der Waals surface area (Å²) in [5, 5.41) is 17.6. The summed E-state index contributed by atoms with van der Waals surface area (Å²) in [5.74, 6) is -0.866. The first-order valence-corrected chi connectivity index (χ1v) is 12.4. The van der Waals surface area contributed by atoms with Crippen LogP contribution in [0.3, 0.4) is 0 Å². The van der Waals surface area contributed by atoms with Crippen LogP contribution in [0.15, 0.2) is 87.4 Å². The normalized spacial score (nSPS) is 18.0. The van der Waals surface area contributed by atoms with Crippen molar-refractivity contribution in [3.63, 3.8) is 0 Å². The first-order chi connectivity index (χ1) is 18.6. The van der Waals surface area contributed by atoms with Gasteiger partial charge in [-0.1, -0.05) is 66.2 Å². The molecule has 0 saturated carbocycles. The van der Waals surface area contributed by atoms with Crippen molar-refractivity contribution in [1.82, 2.24) is 14.2 Å².